The largest absolute Gasteiger partial charge is 0.506 e. The normalized spacial score (nSPS) is 39.5. The van der Waals surface area contributed by atoms with E-state index in [0.717, 1.165) is 29.4 Å². The second-order valence-electron chi connectivity index (χ2n) is 6.57. The minimum atomic E-state index is 0.163. The van der Waals surface area contributed by atoms with Crippen LogP contribution in [-0.4, -0.2) is 11.1 Å². The zero-order valence-corrected chi connectivity index (χ0v) is 11.7. The zero-order valence-electron chi connectivity index (χ0n) is 11.0. The van der Waals surface area contributed by atoms with Crippen LogP contribution < -0.4 is 5.32 Å². The summed E-state index contributed by atoms with van der Waals surface area (Å²) in [6.07, 6.45) is 7.12. The predicted octanol–water partition coefficient (Wildman–Crippen LogP) is 4.28. The Kier molecular flexibility index (Phi) is 2.70. The molecule has 0 radical (unpaired) electrons. The van der Waals surface area contributed by atoms with Gasteiger partial charge in [0.1, 0.15) is 5.75 Å². The van der Waals surface area contributed by atoms with Crippen LogP contribution >= 0.6 is 11.6 Å². The lowest BCUT2D eigenvalue weighted by Gasteiger charge is -2.32. The van der Waals surface area contributed by atoms with Crippen molar-refractivity contribution >= 4 is 17.3 Å². The molecule has 0 spiro atoms. The summed E-state index contributed by atoms with van der Waals surface area (Å²) in [6.45, 7) is 0. The van der Waals surface area contributed by atoms with Crippen LogP contribution in [0.2, 0.25) is 5.02 Å². The second-order valence-corrected chi connectivity index (χ2v) is 6.98. The van der Waals surface area contributed by atoms with Crippen LogP contribution in [0.3, 0.4) is 0 Å². The van der Waals surface area contributed by atoms with Crippen LogP contribution in [0.5, 0.6) is 5.75 Å². The Morgan fingerprint density at radius 3 is 2.79 bits per heavy atom. The van der Waals surface area contributed by atoms with Crippen LogP contribution in [0.1, 0.15) is 32.1 Å². The molecule has 2 N–H and O–H groups in total. The average molecular weight is 278 g/mol. The molecule has 3 aliphatic carbocycles. The van der Waals surface area contributed by atoms with E-state index in [1.807, 2.05) is 12.1 Å². The molecule has 0 heterocycles. The van der Waals surface area contributed by atoms with Crippen molar-refractivity contribution in [2.45, 2.75) is 38.1 Å². The fraction of sp³-hybridized carbons (Fsp3) is 0.625. The number of aromatic hydroxyl groups is 1. The average Bonchev–Trinajstić information content (AvgIpc) is 3.05. The van der Waals surface area contributed by atoms with Crippen LogP contribution in [0.15, 0.2) is 18.2 Å². The predicted molar refractivity (Wildman–Crippen MR) is 77.6 cm³/mol. The van der Waals surface area contributed by atoms with Gasteiger partial charge in [0.25, 0.3) is 0 Å². The summed E-state index contributed by atoms with van der Waals surface area (Å²) >= 11 is 5.98. The highest BCUT2D eigenvalue weighted by atomic mass is 35.5. The fourth-order valence-corrected chi connectivity index (χ4v) is 5.23. The number of halogens is 1. The first-order valence-electron chi connectivity index (χ1n) is 7.47. The third kappa shape index (κ3) is 1.84. The summed E-state index contributed by atoms with van der Waals surface area (Å²) in [6, 6.07) is 6.06. The molecule has 3 saturated carbocycles. The van der Waals surface area contributed by atoms with Gasteiger partial charge >= 0.3 is 0 Å². The summed E-state index contributed by atoms with van der Waals surface area (Å²) < 4.78 is 0. The summed E-state index contributed by atoms with van der Waals surface area (Å²) in [5.41, 5.74) is 1.05. The molecule has 1 aromatic carbocycles. The maximum Gasteiger partial charge on any atom is 0.134 e. The standard InChI is InChI=1S/C16H20ClNO/c17-14-8-10(4-5-16(14)19)18-15-7-9-6-13(15)12-3-1-2-11(9)12/h4-5,8-9,11-13,15,18-19H,1-3,6-7H2. The van der Waals surface area contributed by atoms with Gasteiger partial charge in [-0.2, -0.15) is 0 Å². The van der Waals surface area contributed by atoms with Crippen molar-refractivity contribution in [3.8, 4) is 5.75 Å². The second kappa shape index (κ2) is 4.31. The van der Waals surface area contributed by atoms with E-state index < -0.39 is 0 Å². The van der Waals surface area contributed by atoms with E-state index in [0.29, 0.717) is 11.1 Å². The SMILES string of the molecule is Oc1ccc(NC2CC3CC2C2CCCC32)cc1Cl. The minimum absolute atomic E-state index is 0.163. The molecule has 5 unspecified atom stereocenters. The van der Waals surface area contributed by atoms with Crippen molar-refractivity contribution in [1.82, 2.24) is 0 Å². The zero-order chi connectivity index (χ0) is 13.0. The Balaban J connectivity index is 1.51. The smallest absolute Gasteiger partial charge is 0.134 e. The molecular formula is C16H20ClNO. The number of phenolic OH excluding ortho intramolecular Hbond substituents is 1. The number of phenols is 1. The van der Waals surface area contributed by atoms with Gasteiger partial charge in [0.2, 0.25) is 0 Å². The molecule has 0 amide bonds. The summed E-state index contributed by atoms with van der Waals surface area (Å²) in [4.78, 5) is 0. The van der Waals surface area contributed by atoms with Crippen molar-refractivity contribution in [3.63, 3.8) is 0 Å². The van der Waals surface area contributed by atoms with Gasteiger partial charge in [-0.05, 0) is 67.6 Å². The van der Waals surface area contributed by atoms with Crippen LogP contribution in [0.25, 0.3) is 0 Å². The molecule has 102 valence electrons. The Hall–Kier alpha value is -0.890. The molecule has 2 nitrogen and oxygen atoms in total. The van der Waals surface area contributed by atoms with E-state index in [4.69, 9.17) is 11.6 Å². The van der Waals surface area contributed by atoms with Gasteiger partial charge in [-0.3, -0.25) is 0 Å². The number of nitrogens with one attached hydrogen (secondary N) is 1. The van der Waals surface area contributed by atoms with Crippen molar-refractivity contribution < 1.29 is 5.11 Å². The lowest BCUT2D eigenvalue weighted by Crippen LogP contribution is -2.33. The van der Waals surface area contributed by atoms with Gasteiger partial charge in [-0.15, -0.1) is 0 Å². The third-order valence-electron chi connectivity index (χ3n) is 5.73. The number of anilines is 1. The van der Waals surface area contributed by atoms with Crippen LogP contribution in [0.4, 0.5) is 5.69 Å². The van der Waals surface area contributed by atoms with Gasteiger partial charge in [0, 0.05) is 11.7 Å². The third-order valence-corrected chi connectivity index (χ3v) is 6.03. The quantitative estimate of drug-likeness (QED) is 0.791. The highest BCUT2D eigenvalue weighted by molar-refractivity contribution is 6.32. The lowest BCUT2D eigenvalue weighted by molar-refractivity contribution is 0.243. The summed E-state index contributed by atoms with van der Waals surface area (Å²) in [5.74, 6) is 4.00. The van der Waals surface area contributed by atoms with Gasteiger partial charge in [0.15, 0.2) is 0 Å². The van der Waals surface area contributed by atoms with E-state index in [-0.39, 0.29) is 5.75 Å². The first-order valence-corrected chi connectivity index (χ1v) is 7.85. The molecule has 3 aliphatic rings. The first-order chi connectivity index (χ1) is 9.22. The molecule has 0 aromatic heterocycles. The van der Waals surface area contributed by atoms with Crippen molar-refractivity contribution in [1.29, 1.82) is 0 Å². The monoisotopic (exact) mass is 277 g/mol. The molecule has 1 aromatic rings. The lowest BCUT2D eigenvalue weighted by atomic mass is 9.79. The number of fused-ring (bicyclic) bond motifs is 5. The number of rotatable bonds is 2. The Morgan fingerprint density at radius 2 is 1.95 bits per heavy atom. The molecule has 5 atom stereocenters. The van der Waals surface area contributed by atoms with Gasteiger partial charge in [0.05, 0.1) is 5.02 Å². The fourth-order valence-electron chi connectivity index (χ4n) is 5.04. The topological polar surface area (TPSA) is 32.3 Å². The Bertz CT molecular complexity index is 504. The van der Waals surface area contributed by atoms with Gasteiger partial charge in [-0.25, -0.2) is 0 Å². The van der Waals surface area contributed by atoms with E-state index >= 15 is 0 Å². The Morgan fingerprint density at radius 1 is 1.11 bits per heavy atom. The van der Waals surface area contributed by atoms with Gasteiger partial charge < -0.3 is 10.4 Å². The first kappa shape index (κ1) is 11.9. The number of hydrogen-bond acceptors (Lipinski definition) is 2. The summed E-state index contributed by atoms with van der Waals surface area (Å²) in [7, 11) is 0. The molecular weight excluding hydrogens is 258 g/mol. The molecule has 0 saturated heterocycles. The molecule has 4 rings (SSSR count). The number of hydrogen-bond donors (Lipinski definition) is 2. The highest BCUT2D eigenvalue weighted by Crippen LogP contribution is 2.59. The molecule has 3 heteroatoms. The van der Waals surface area contributed by atoms with E-state index in [9.17, 15) is 5.11 Å². The number of benzene rings is 1. The molecule has 3 fully saturated rings. The maximum atomic E-state index is 9.47. The van der Waals surface area contributed by atoms with E-state index in [2.05, 4.69) is 5.32 Å². The maximum absolute atomic E-state index is 9.47. The van der Waals surface area contributed by atoms with Crippen LogP contribution in [0, 0.1) is 23.7 Å². The molecule has 0 aliphatic heterocycles. The van der Waals surface area contributed by atoms with E-state index in [1.165, 1.54) is 32.1 Å². The molecule has 19 heavy (non-hydrogen) atoms. The Labute approximate surface area is 119 Å². The molecule has 2 bridgehead atoms. The summed E-state index contributed by atoms with van der Waals surface area (Å²) in [5, 5.41) is 13.6. The van der Waals surface area contributed by atoms with Crippen molar-refractivity contribution in [2.24, 2.45) is 23.7 Å². The van der Waals surface area contributed by atoms with E-state index in [1.54, 1.807) is 6.07 Å². The highest BCUT2D eigenvalue weighted by Gasteiger charge is 2.53. The van der Waals surface area contributed by atoms with Crippen LogP contribution in [-0.2, 0) is 0 Å². The minimum Gasteiger partial charge on any atom is -0.506 e. The van der Waals surface area contributed by atoms with Crippen molar-refractivity contribution in [3.05, 3.63) is 23.2 Å². The van der Waals surface area contributed by atoms with Crippen molar-refractivity contribution in [2.75, 3.05) is 5.32 Å². The van der Waals surface area contributed by atoms with Gasteiger partial charge in [-0.1, -0.05) is 18.0 Å².